The average Bonchev–Trinajstić information content (AvgIpc) is 3.04. The Balaban J connectivity index is 1.96. The Morgan fingerprint density at radius 2 is 1.69 bits per heavy atom. The summed E-state index contributed by atoms with van der Waals surface area (Å²) in [6.07, 6.45) is 0. The van der Waals surface area contributed by atoms with E-state index in [9.17, 15) is 19.7 Å². The van der Waals surface area contributed by atoms with E-state index in [2.05, 4.69) is 15.7 Å². The van der Waals surface area contributed by atoms with Gasteiger partial charge in [0.1, 0.15) is 11.3 Å². The molecule has 0 radical (unpaired) electrons. The Kier molecular flexibility index (Phi) is 5.68. The molecule has 0 aliphatic rings. The molecule has 29 heavy (non-hydrogen) atoms. The van der Waals surface area contributed by atoms with Crippen LogP contribution in [-0.2, 0) is 6.54 Å². The number of amides is 2. The molecule has 0 aliphatic carbocycles. The van der Waals surface area contributed by atoms with Gasteiger partial charge in [0.05, 0.1) is 16.3 Å². The van der Waals surface area contributed by atoms with Crippen molar-refractivity contribution in [3.05, 3.63) is 81.7 Å². The smallest absolute Gasteiger partial charge is 0.282 e. The van der Waals surface area contributed by atoms with E-state index in [1.54, 1.807) is 31.2 Å². The number of hydrogen-bond donors (Lipinski definition) is 2. The number of rotatable bonds is 6. The van der Waals surface area contributed by atoms with Crippen molar-refractivity contribution >= 4 is 28.9 Å². The first-order valence-electron chi connectivity index (χ1n) is 8.91. The minimum Gasteiger partial charge on any atom is -0.321 e. The summed E-state index contributed by atoms with van der Waals surface area (Å²) >= 11 is 0. The molecule has 0 saturated carbocycles. The van der Waals surface area contributed by atoms with Crippen LogP contribution in [0.25, 0.3) is 0 Å². The van der Waals surface area contributed by atoms with Crippen LogP contribution in [0.3, 0.4) is 0 Å². The number of aromatic nitrogens is 2. The van der Waals surface area contributed by atoms with Crippen LogP contribution in [0.1, 0.15) is 33.5 Å². The van der Waals surface area contributed by atoms with Gasteiger partial charge in [0.15, 0.2) is 0 Å². The Hall–Kier alpha value is -4.01. The molecule has 3 aromatic rings. The molecule has 0 unspecified atom stereocenters. The summed E-state index contributed by atoms with van der Waals surface area (Å²) in [5, 5.41) is 20.9. The van der Waals surface area contributed by atoms with Gasteiger partial charge in [-0.25, -0.2) is 0 Å². The van der Waals surface area contributed by atoms with E-state index < -0.39 is 16.7 Å². The molecule has 2 amide bonds. The van der Waals surface area contributed by atoms with Gasteiger partial charge in [-0.3, -0.25) is 24.4 Å². The number of aryl methyl sites for hydroxylation is 2. The summed E-state index contributed by atoms with van der Waals surface area (Å²) < 4.78 is 1.47. The summed E-state index contributed by atoms with van der Waals surface area (Å²) in [7, 11) is 0. The second-order valence-corrected chi connectivity index (χ2v) is 6.17. The zero-order chi connectivity index (χ0) is 21.0. The third-order valence-corrected chi connectivity index (χ3v) is 4.26. The van der Waals surface area contributed by atoms with Gasteiger partial charge in [-0.15, -0.1) is 0 Å². The van der Waals surface area contributed by atoms with Crippen molar-refractivity contribution in [3.63, 3.8) is 0 Å². The number of carbonyl (C=O) groups excluding carboxylic acids is 2. The maximum Gasteiger partial charge on any atom is 0.282 e. The normalized spacial score (nSPS) is 10.4. The Morgan fingerprint density at radius 1 is 1.03 bits per heavy atom. The number of nitro groups is 1. The van der Waals surface area contributed by atoms with Crippen molar-refractivity contribution in [3.8, 4) is 0 Å². The second-order valence-electron chi connectivity index (χ2n) is 6.17. The first kappa shape index (κ1) is 19.7. The summed E-state index contributed by atoms with van der Waals surface area (Å²) in [6.45, 7) is 3.87. The fraction of sp³-hybridized carbons (Fsp3) is 0.150. The minimum absolute atomic E-state index is 0.101. The van der Waals surface area contributed by atoms with Crippen molar-refractivity contribution in [1.82, 2.24) is 9.78 Å². The number of nitrogens with one attached hydrogen (secondary N) is 2. The summed E-state index contributed by atoms with van der Waals surface area (Å²) in [6, 6.07) is 14.5. The first-order valence-corrected chi connectivity index (χ1v) is 8.91. The molecule has 0 bridgehead atoms. The van der Waals surface area contributed by atoms with Crippen LogP contribution in [0.15, 0.2) is 54.6 Å². The topological polar surface area (TPSA) is 119 Å². The number of carbonyl (C=O) groups is 2. The number of para-hydroxylation sites is 2. The lowest BCUT2D eigenvalue weighted by Gasteiger charge is -2.10. The van der Waals surface area contributed by atoms with Crippen LogP contribution < -0.4 is 10.6 Å². The quantitative estimate of drug-likeness (QED) is 0.490. The second kappa shape index (κ2) is 8.34. The van der Waals surface area contributed by atoms with Gasteiger partial charge in [-0.1, -0.05) is 30.3 Å². The summed E-state index contributed by atoms with van der Waals surface area (Å²) in [5.41, 5.74) is 0.979. The molecule has 1 heterocycles. The lowest BCUT2D eigenvalue weighted by Crippen LogP contribution is -2.21. The van der Waals surface area contributed by atoms with Crippen LogP contribution >= 0.6 is 0 Å². The van der Waals surface area contributed by atoms with Gasteiger partial charge in [0.2, 0.25) is 0 Å². The molecule has 148 valence electrons. The average molecular weight is 393 g/mol. The number of nitrogens with zero attached hydrogens (tertiary/aromatic N) is 3. The lowest BCUT2D eigenvalue weighted by atomic mass is 10.1. The molecular weight excluding hydrogens is 374 g/mol. The van der Waals surface area contributed by atoms with Gasteiger partial charge in [0.25, 0.3) is 17.5 Å². The van der Waals surface area contributed by atoms with Crippen molar-refractivity contribution < 1.29 is 14.5 Å². The maximum absolute atomic E-state index is 12.9. The fourth-order valence-electron chi connectivity index (χ4n) is 2.91. The van der Waals surface area contributed by atoms with Gasteiger partial charge in [0, 0.05) is 18.3 Å². The summed E-state index contributed by atoms with van der Waals surface area (Å²) in [5.74, 6) is -1.14. The van der Waals surface area contributed by atoms with E-state index >= 15 is 0 Å². The van der Waals surface area contributed by atoms with Gasteiger partial charge in [-0.05, 0) is 32.0 Å². The number of anilines is 2. The van der Waals surface area contributed by atoms with Gasteiger partial charge < -0.3 is 10.6 Å². The van der Waals surface area contributed by atoms with Crippen LogP contribution in [0.2, 0.25) is 0 Å². The highest BCUT2D eigenvalue weighted by Crippen LogP contribution is 2.25. The number of benzene rings is 2. The van der Waals surface area contributed by atoms with E-state index in [0.717, 1.165) is 0 Å². The zero-order valence-corrected chi connectivity index (χ0v) is 15.9. The third-order valence-electron chi connectivity index (χ3n) is 4.26. The van der Waals surface area contributed by atoms with Crippen LogP contribution in [0, 0.1) is 17.0 Å². The van der Waals surface area contributed by atoms with Gasteiger partial charge in [-0.2, -0.15) is 5.10 Å². The minimum atomic E-state index is -0.690. The van der Waals surface area contributed by atoms with Crippen LogP contribution in [-0.4, -0.2) is 26.5 Å². The molecular formula is C20H19N5O4. The summed E-state index contributed by atoms with van der Waals surface area (Å²) in [4.78, 5) is 36.2. The Labute approximate surface area is 166 Å². The molecule has 9 nitrogen and oxygen atoms in total. The molecule has 0 aliphatic heterocycles. The molecule has 0 saturated heterocycles. The van der Waals surface area contributed by atoms with E-state index in [1.807, 2.05) is 13.0 Å². The van der Waals surface area contributed by atoms with Crippen molar-refractivity contribution in [2.75, 3.05) is 10.6 Å². The largest absolute Gasteiger partial charge is 0.321 e. The highest BCUT2D eigenvalue weighted by molar-refractivity contribution is 6.13. The fourth-order valence-corrected chi connectivity index (χ4v) is 2.91. The zero-order valence-electron chi connectivity index (χ0n) is 15.9. The van der Waals surface area contributed by atoms with Crippen molar-refractivity contribution in [2.45, 2.75) is 20.4 Å². The standard InChI is InChI=1S/C20H19N5O4/c1-3-24-18(20(27)21-14-9-5-4-6-10-14)17(13(2)23-24)22-19(26)15-11-7-8-12-16(15)25(28)29/h4-12H,3H2,1-2H3,(H,21,27)(H,22,26). The van der Waals surface area contributed by atoms with E-state index in [-0.39, 0.29) is 22.6 Å². The molecule has 2 aromatic carbocycles. The highest BCUT2D eigenvalue weighted by atomic mass is 16.6. The lowest BCUT2D eigenvalue weighted by molar-refractivity contribution is -0.385. The molecule has 2 N–H and O–H groups in total. The van der Waals surface area contributed by atoms with Crippen LogP contribution in [0.4, 0.5) is 17.1 Å². The van der Waals surface area contributed by atoms with E-state index in [1.165, 1.54) is 28.9 Å². The third kappa shape index (κ3) is 4.13. The molecule has 3 rings (SSSR count). The predicted molar refractivity (Wildman–Crippen MR) is 108 cm³/mol. The Bertz CT molecular complexity index is 1080. The predicted octanol–water partition coefficient (Wildman–Crippen LogP) is 3.62. The van der Waals surface area contributed by atoms with E-state index in [0.29, 0.717) is 17.9 Å². The molecule has 1 aromatic heterocycles. The highest BCUT2D eigenvalue weighted by Gasteiger charge is 2.26. The van der Waals surface area contributed by atoms with Crippen LogP contribution in [0.5, 0.6) is 0 Å². The maximum atomic E-state index is 12.9. The van der Waals surface area contributed by atoms with E-state index in [4.69, 9.17) is 0 Å². The van der Waals surface area contributed by atoms with Crippen molar-refractivity contribution in [1.29, 1.82) is 0 Å². The molecule has 0 fully saturated rings. The molecule has 0 atom stereocenters. The van der Waals surface area contributed by atoms with Gasteiger partial charge >= 0.3 is 0 Å². The monoisotopic (exact) mass is 393 g/mol. The Morgan fingerprint density at radius 3 is 2.34 bits per heavy atom. The first-order chi connectivity index (χ1) is 13.9. The molecule has 9 heteroatoms. The molecule has 0 spiro atoms. The number of nitro benzene ring substituents is 1. The van der Waals surface area contributed by atoms with Crippen molar-refractivity contribution in [2.24, 2.45) is 0 Å². The number of hydrogen-bond acceptors (Lipinski definition) is 5. The SMILES string of the molecule is CCn1nc(C)c(NC(=O)c2ccccc2[N+](=O)[O-])c1C(=O)Nc1ccccc1.